The molecule has 1 heterocycles. The van der Waals surface area contributed by atoms with Gasteiger partial charge in [-0.15, -0.1) is 0 Å². The molecule has 1 aromatic rings. The van der Waals surface area contributed by atoms with Crippen molar-refractivity contribution in [1.82, 2.24) is 0 Å². The molecule has 0 radical (unpaired) electrons. The fourth-order valence-electron chi connectivity index (χ4n) is 1.89. The number of benzene rings is 1. The van der Waals surface area contributed by atoms with Gasteiger partial charge in [-0.1, -0.05) is 18.5 Å². The number of hydrogen-bond acceptors (Lipinski definition) is 1. The lowest BCUT2D eigenvalue weighted by Gasteiger charge is -2.12. The topological polar surface area (TPSA) is 12.0 Å². The van der Waals surface area contributed by atoms with E-state index in [1.54, 1.807) is 0 Å². The van der Waals surface area contributed by atoms with Crippen LogP contribution in [0.25, 0.3) is 0 Å². The van der Waals surface area contributed by atoms with Crippen molar-refractivity contribution >= 4 is 17.3 Å². The molecule has 1 nitrogen and oxygen atoms in total. The molecule has 0 fully saturated rings. The van der Waals surface area contributed by atoms with E-state index in [-0.39, 0.29) is 0 Å². The second-order valence-electron chi connectivity index (χ2n) is 3.70. The van der Waals surface area contributed by atoms with Crippen LogP contribution in [0.1, 0.15) is 31.2 Å². The van der Waals surface area contributed by atoms with Crippen LogP contribution in [0.5, 0.6) is 0 Å². The molecule has 1 N–H and O–H groups in total. The van der Waals surface area contributed by atoms with Gasteiger partial charge in [0.05, 0.1) is 0 Å². The molecule has 70 valence electrons. The van der Waals surface area contributed by atoms with Crippen molar-refractivity contribution in [3.8, 4) is 0 Å². The fraction of sp³-hybridized carbons (Fsp3) is 0.455. The largest absolute Gasteiger partial charge is 0.385 e. The first-order valence-electron chi connectivity index (χ1n) is 4.80. The maximum absolute atomic E-state index is 5.97. The van der Waals surface area contributed by atoms with Gasteiger partial charge < -0.3 is 5.32 Å². The van der Waals surface area contributed by atoms with Crippen molar-refractivity contribution in [2.75, 3.05) is 11.9 Å². The van der Waals surface area contributed by atoms with Gasteiger partial charge in [-0.3, -0.25) is 0 Å². The molecule has 0 aromatic heterocycles. The molecule has 2 rings (SSSR count). The van der Waals surface area contributed by atoms with Gasteiger partial charge in [-0.25, -0.2) is 0 Å². The lowest BCUT2D eigenvalue weighted by atomic mass is 9.96. The Morgan fingerprint density at radius 2 is 2.31 bits per heavy atom. The summed E-state index contributed by atoms with van der Waals surface area (Å²) in [5.74, 6) is 0.628. The van der Waals surface area contributed by atoms with E-state index < -0.39 is 0 Å². The summed E-state index contributed by atoms with van der Waals surface area (Å²) in [4.78, 5) is 0. The van der Waals surface area contributed by atoms with E-state index in [0.717, 1.165) is 11.6 Å². The maximum Gasteiger partial charge on any atom is 0.0410 e. The summed E-state index contributed by atoms with van der Waals surface area (Å²) in [6.07, 6.45) is 2.49. The predicted molar refractivity (Wildman–Crippen MR) is 57.6 cm³/mol. The minimum absolute atomic E-state index is 0.628. The van der Waals surface area contributed by atoms with Crippen LogP contribution in [0.15, 0.2) is 18.2 Å². The third-order valence-electron chi connectivity index (χ3n) is 2.67. The molecule has 1 aliphatic heterocycles. The Hall–Kier alpha value is -0.690. The first-order chi connectivity index (χ1) is 6.27. The Balaban J connectivity index is 2.43. The smallest absolute Gasteiger partial charge is 0.0410 e. The molecule has 0 amide bonds. The van der Waals surface area contributed by atoms with Gasteiger partial charge >= 0.3 is 0 Å². The molecule has 0 saturated heterocycles. The van der Waals surface area contributed by atoms with Crippen LogP contribution in [-0.4, -0.2) is 6.54 Å². The zero-order valence-electron chi connectivity index (χ0n) is 7.81. The number of rotatable bonds is 0. The van der Waals surface area contributed by atoms with Crippen LogP contribution in [0, 0.1) is 0 Å². The molecule has 0 spiro atoms. The SMILES string of the molecule is CC1CCCNc2ccc(Cl)cc21. The Kier molecular flexibility index (Phi) is 2.45. The number of hydrogen-bond donors (Lipinski definition) is 1. The number of nitrogens with one attached hydrogen (secondary N) is 1. The van der Waals surface area contributed by atoms with Gasteiger partial charge in [-0.2, -0.15) is 0 Å². The second-order valence-corrected chi connectivity index (χ2v) is 4.14. The van der Waals surface area contributed by atoms with E-state index in [1.807, 2.05) is 6.07 Å². The van der Waals surface area contributed by atoms with Crippen molar-refractivity contribution < 1.29 is 0 Å². The third-order valence-corrected chi connectivity index (χ3v) is 2.91. The fourth-order valence-corrected chi connectivity index (χ4v) is 2.07. The monoisotopic (exact) mass is 195 g/mol. The number of anilines is 1. The van der Waals surface area contributed by atoms with E-state index in [2.05, 4.69) is 24.4 Å². The molecule has 0 aliphatic carbocycles. The average Bonchev–Trinajstić information content (AvgIpc) is 2.29. The van der Waals surface area contributed by atoms with Crippen molar-refractivity contribution in [3.63, 3.8) is 0 Å². The normalized spacial score (nSPS) is 21.5. The second kappa shape index (κ2) is 3.59. The summed E-state index contributed by atoms with van der Waals surface area (Å²) in [5, 5.41) is 4.27. The van der Waals surface area contributed by atoms with Crippen molar-refractivity contribution in [1.29, 1.82) is 0 Å². The van der Waals surface area contributed by atoms with Gasteiger partial charge in [-0.05, 0) is 42.5 Å². The zero-order chi connectivity index (χ0) is 9.26. The van der Waals surface area contributed by atoms with E-state index in [1.165, 1.54) is 24.1 Å². The van der Waals surface area contributed by atoms with Gasteiger partial charge in [0.15, 0.2) is 0 Å². The molecular formula is C11H14ClN. The first kappa shape index (κ1) is 8.89. The van der Waals surface area contributed by atoms with Crippen LogP contribution in [0.4, 0.5) is 5.69 Å². The van der Waals surface area contributed by atoms with E-state index in [9.17, 15) is 0 Å². The summed E-state index contributed by atoms with van der Waals surface area (Å²) in [5.41, 5.74) is 2.62. The third kappa shape index (κ3) is 1.80. The number of halogens is 1. The summed E-state index contributed by atoms with van der Waals surface area (Å²) in [6.45, 7) is 3.35. The number of fused-ring (bicyclic) bond motifs is 1. The van der Waals surface area contributed by atoms with Crippen LogP contribution < -0.4 is 5.32 Å². The summed E-state index contributed by atoms with van der Waals surface area (Å²) in [6, 6.07) is 6.12. The highest BCUT2D eigenvalue weighted by Crippen LogP contribution is 2.32. The average molecular weight is 196 g/mol. The lowest BCUT2D eigenvalue weighted by Crippen LogP contribution is -1.99. The van der Waals surface area contributed by atoms with Crippen molar-refractivity contribution in [2.45, 2.75) is 25.7 Å². The minimum atomic E-state index is 0.628. The molecular weight excluding hydrogens is 182 g/mol. The highest BCUT2D eigenvalue weighted by molar-refractivity contribution is 6.30. The minimum Gasteiger partial charge on any atom is -0.385 e. The van der Waals surface area contributed by atoms with Gasteiger partial charge in [0.25, 0.3) is 0 Å². The predicted octanol–water partition coefficient (Wildman–Crippen LogP) is 3.65. The van der Waals surface area contributed by atoms with Crippen LogP contribution >= 0.6 is 11.6 Å². The summed E-state index contributed by atoms with van der Waals surface area (Å²) >= 11 is 5.97. The van der Waals surface area contributed by atoms with Crippen molar-refractivity contribution in [2.24, 2.45) is 0 Å². The molecule has 0 saturated carbocycles. The maximum atomic E-state index is 5.97. The van der Waals surface area contributed by atoms with Crippen LogP contribution in [0.3, 0.4) is 0 Å². The molecule has 1 aromatic carbocycles. The molecule has 2 heteroatoms. The van der Waals surface area contributed by atoms with Crippen molar-refractivity contribution in [3.05, 3.63) is 28.8 Å². The van der Waals surface area contributed by atoms with Gasteiger partial charge in [0.1, 0.15) is 0 Å². The molecule has 1 aliphatic rings. The Morgan fingerprint density at radius 1 is 1.46 bits per heavy atom. The Labute approximate surface area is 84.1 Å². The van der Waals surface area contributed by atoms with Gasteiger partial charge in [0, 0.05) is 17.3 Å². The summed E-state index contributed by atoms with van der Waals surface area (Å²) < 4.78 is 0. The Morgan fingerprint density at radius 3 is 3.15 bits per heavy atom. The first-order valence-corrected chi connectivity index (χ1v) is 5.18. The molecule has 1 atom stereocenters. The van der Waals surface area contributed by atoms with Crippen LogP contribution in [-0.2, 0) is 0 Å². The molecule has 13 heavy (non-hydrogen) atoms. The highest BCUT2D eigenvalue weighted by Gasteiger charge is 2.14. The highest BCUT2D eigenvalue weighted by atomic mass is 35.5. The molecule has 0 bridgehead atoms. The summed E-state index contributed by atoms with van der Waals surface area (Å²) in [7, 11) is 0. The quantitative estimate of drug-likeness (QED) is 0.667. The van der Waals surface area contributed by atoms with Crippen LogP contribution in [0.2, 0.25) is 5.02 Å². The zero-order valence-corrected chi connectivity index (χ0v) is 8.56. The van der Waals surface area contributed by atoms with E-state index in [0.29, 0.717) is 5.92 Å². The molecule has 1 unspecified atom stereocenters. The van der Waals surface area contributed by atoms with Gasteiger partial charge in [0.2, 0.25) is 0 Å². The Bertz CT molecular complexity index is 309. The van der Waals surface area contributed by atoms with E-state index in [4.69, 9.17) is 11.6 Å². The standard InChI is InChI=1S/C11H14ClN/c1-8-3-2-6-13-11-5-4-9(12)7-10(8)11/h4-5,7-8,13H,2-3,6H2,1H3. The van der Waals surface area contributed by atoms with E-state index >= 15 is 0 Å². The lowest BCUT2D eigenvalue weighted by molar-refractivity contribution is 0.667.